The van der Waals surface area contributed by atoms with Gasteiger partial charge in [-0.25, -0.2) is 19.2 Å². The molecule has 2 aliphatic rings. The molecule has 0 saturated carbocycles. The third-order valence-corrected chi connectivity index (χ3v) is 5.03. The van der Waals surface area contributed by atoms with E-state index in [-0.39, 0.29) is 28.0 Å². The van der Waals surface area contributed by atoms with E-state index < -0.39 is 11.9 Å². The first-order valence-electron chi connectivity index (χ1n) is 7.39. The highest BCUT2D eigenvalue weighted by Gasteiger charge is 2.43. The number of amides is 1. The molecule has 24 heavy (non-hydrogen) atoms. The standard InChI is InChI=1S/C14H12Cl2FN5O2/c15-11-9(17)10-8(3-18-11)12(20-13(16)19-10)21-4-6-1-2-7(5-21)22(6)14(23)24/h3,6-7H,1-2,4-5H2,(H,23,24). The van der Waals surface area contributed by atoms with Crippen LogP contribution in [0.5, 0.6) is 0 Å². The number of rotatable bonds is 1. The molecule has 2 atom stereocenters. The third-order valence-electron chi connectivity index (χ3n) is 4.60. The first-order valence-corrected chi connectivity index (χ1v) is 8.14. The third kappa shape index (κ3) is 2.32. The van der Waals surface area contributed by atoms with Crippen molar-refractivity contribution in [1.29, 1.82) is 0 Å². The summed E-state index contributed by atoms with van der Waals surface area (Å²) in [5, 5.41) is 9.38. The second kappa shape index (κ2) is 5.56. The van der Waals surface area contributed by atoms with Gasteiger partial charge in [-0.3, -0.25) is 4.90 Å². The van der Waals surface area contributed by atoms with Crippen LogP contribution < -0.4 is 4.90 Å². The lowest BCUT2D eigenvalue weighted by Crippen LogP contribution is -2.55. The van der Waals surface area contributed by atoms with Crippen LogP contribution >= 0.6 is 23.2 Å². The normalized spacial score (nSPS) is 23.1. The highest BCUT2D eigenvalue weighted by molar-refractivity contribution is 6.30. The van der Waals surface area contributed by atoms with Crippen molar-refractivity contribution in [2.24, 2.45) is 0 Å². The Bertz CT molecular complexity index is 838. The summed E-state index contributed by atoms with van der Waals surface area (Å²) in [6, 6.07) is -0.231. The van der Waals surface area contributed by atoms with E-state index in [1.54, 1.807) is 0 Å². The van der Waals surface area contributed by atoms with Crippen molar-refractivity contribution in [3.63, 3.8) is 0 Å². The van der Waals surface area contributed by atoms with Crippen molar-refractivity contribution >= 4 is 46.0 Å². The molecule has 4 rings (SSSR count). The molecule has 0 aliphatic carbocycles. The lowest BCUT2D eigenvalue weighted by Gasteiger charge is -2.40. The maximum atomic E-state index is 14.2. The van der Waals surface area contributed by atoms with Gasteiger partial charge < -0.3 is 10.0 Å². The highest BCUT2D eigenvalue weighted by Crippen LogP contribution is 2.35. The lowest BCUT2D eigenvalue weighted by molar-refractivity contribution is 0.114. The predicted octanol–water partition coefficient (Wildman–Crippen LogP) is 2.80. The number of carboxylic acid groups (broad SMARTS) is 1. The zero-order valence-electron chi connectivity index (χ0n) is 12.3. The van der Waals surface area contributed by atoms with Gasteiger partial charge in [-0.2, -0.15) is 4.98 Å². The van der Waals surface area contributed by atoms with Crippen molar-refractivity contribution in [2.45, 2.75) is 24.9 Å². The van der Waals surface area contributed by atoms with Crippen molar-refractivity contribution in [1.82, 2.24) is 19.9 Å². The number of hydrogen-bond acceptors (Lipinski definition) is 5. The summed E-state index contributed by atoms with van der Waals surface area (Å²) in [6.45, 7) is 0.935. The minimum atomic E-state index is -0.910. The van der Waals surface area contributed by atoms with Crippen LogP contribution in [-0.4, -0.2) is 56.2 Å². The fourth-order valence-corrected chi connectivity index (χ4v) is 3.92. The summed E-state index contributed by atoms with van der Waals surface area (Å²) in [4.78, 5) is 26.8. The van der Waals surface area contributed by atoms with E-state index in [0.717, 1.165) is 12.8 Å². The number of fused-ring (bicyclic) bond motifs is 3. The van der Waals surface area contributed by atoms with Crippen LogP contribution in [0.25, 0.3) is 10.9 Å². The van der Waals surface area contributed by atoms with Crippen LogP contribution in [0, 0.1) is 5.82 Å². The molecular weight excluding hydrogens is 360 g/mol. The van der Waals surface area contributed by atoms with Crippen LogP contribution in [0.3, 0.4) is 0 Å². The molecule has 7 nitrogen and oxygen atoms in total. The molecule has 2 aromatic rings. The Morgan fingerprint density at radius 1 is 1.25 bits per heavy atom. The molecule has 0 spiro atoms. The predicted molar refractivity (Wildman–Crippen MR) is 86.2 cm³/mol. The van der Waals surface area contributed by atoms with Crippen molar-refractivity contribution in [2.75, 3.05) is 18.0 Å². The highest BCUT2D eigenvalue weighted by atomic mass is 35.5. The molecule has 0 aromatic carbocycles. The molecule has 1 N–H and O–H groups in total. The summed E-state index contributed by atoms with van der Waals surface area (Å²) in [7, 11) is 0. The second-order valence-corrected chi connectivity index (χ2v) is 6.62. The van der Waals surface area contributed by atoms with Crippen molar-refractivity contribution in [3.8, 4) is 0 Å². The smallest absolute Gasteiger partial charge is 0.407 e. The number of nitrogens with zero attached hydrogens (tertiary/aromatic N) is 5. The lowest BCUT2D eigenvalue weighted by atomic mass is 10.2. The number of anilines is 1. The van der Waals surface area contributed by atoms with Crippen LogP contribution in [0.1, 0.15) is 12.8 Å². The summed E-state index contributed by atoms with van der Waals surface area (Å²) in [5.41, 5.74) is 0.0120. The average Bonchev–Trinajstić information content (AvgIpc) is 2.81. The Labute approximate surface area is 146 Å². The fourth-order valence-electron chi connectivity index (χ4n) is 3.62. The van der Waals surface area contributed by atoms with Gasteiger partial charge in [0.15, 0.2) is 11.0 Å². The van der Waals surface area contributed by atoms with Crippen LogP contribution in [0.2, 0.25) is 10.4 Å². The Hall–Kier alpha value is -1.93. The summed E-state index contributed by atoms with van der Waals surface area (Å²) in [5.74, 6) is -0.290. The van der Waals surface area contributed by atoms with E-state index in [1.807, 2.05) is 4.90 Å². The molecule has 2 bridgehead atoms. The van der Waals surface area contributed by atoms with Crippen molar-refractivity contribution in [3.05, 3.63) is 22.5 Å². The molecule has 2 unspecified atom stereocenters. The Morgan fingerprint density at radius 2 is 1.92 bits per heavy atom. The second-order valence-electron chi connectivity index (χ2n) is 5.92. The molecule has 10 heteroatoms. The van der Waals surface area contributed by atoms with E-state index in [4.69, 9.17) is 23.2 Å². The number of hydrogen-bond donors (Lipinski definition) is 1. The van der Waals surface area contributed by atoms with Gasteiger partial charge in [-0.15, -0.1) is 0 Å². The minimum Gasteiger partial charge on any atom is -0.465 e. The molecule has 4 heterocycles. The van der Waals surface area contributed by atoms with Crippen LogP contribution in [-0.2, 0) is 0 Å². The molecule has 126 valence electrons. The van der Waals surface area contributed by atoms with Crippen LogP contribution in [0.4, 0.5) is 15.0 Å². The summed E-state index contributed by atoms with van der Waals surface area (Å²) >= 11 is 11.7. The number of pyridine rings is 1. The molecule has 2 aliphatic heterocycles. The van der Waals surface area contributed by atoms with Gasteiger partial charge in [0.1, 0.15) is 11.3 Å². The number of aromatic nitrogens is 3. The fraction of sp³-hybridized carbons (Fsp3) is 0.429. The Morgan fingerprint density at radius 3 is 2.54 bits per heavy atom. The number of piperazine rings is 1. The Kier molecular flexibility index (Phi) is 3.61. The zero-order valence-corrected chi connectivity index (χ0v) is 13.8. The largest absolute Gasteiger partial charge is 0.465 e. The van der Waals surface area contributed by atoms with Gasteiger partial charge >= 0.3 is 6.09 Å². The minimum absolute atomic E-state index is 0.0120. The van der Waals surface area contributed by atoms with E-state index in [2.05, 4.69) is 15.0 Å². The van der Waals surface area contributed by atoms with Crippen molar-refractivity contribution < 1.29 is 14.3 Å². The summed E-state index contributed by atoms with van der Waals surface area (Å²) < 4.78 is 14.2. The average molecular weight is 372 g/mol. The van der Waals surface area contributed by atoms with Gasteiger partial charge in [0.25, 0.3) is 0 Å². The molecule has 2 saturated heterocycles. The van der Waals surface area contributed by atoms with Gasteiger partial charge in [-0.1, -0.05) is 11.6 Å². The monoisotopic (exact) mass is 371 g/mol. The molecule has 2 aromatic heterocycles. The van der Waals surface area contributed by atoms with Crippen LogP contribution in [0.15, 0.2) is 6.20 Å². The molecule has 1 amide bonds. The zero-order chi connectivity index (χ0) is 17.0. The van der Waals surface area contributed by atoms with E-state index in [9.17, 15) is 14.3 Å². The quantitative estimate of drug-likeness (QED) is 0.612. The van der Waals surface area contributed by atoms with E-state index >= 15 is 0 Å². The molecular formula is C14H12Cl2FN5O2. The van der Waals surface area contributed by atoms with E-state index in [1.165, 1.54) is 11.1 Å². The maximum Gasteiger partial charge on any atom is 0.407 e. The van der Waals surface area contributed by atoms with Gasteiger partial charge in [0.2, 0.25) is 5.28 Å². The SMILES string of the molecule is O=C(O)N1C2CCC1CN(c1nc(Cl)nc3c(F)c(Cl)ncc13)C2. The van der Waals surface area contributed by atoms with E-state index in [0.29, 0.717) is 24.3 Å². The first kappa shape index (κ1) is 15.6. The summed E-state index contributed by atoms with van der Waals surface area (Å²) in [6.07, 6.45) is 2.09. The van der Waals surface area contributed by atoms with Gasteiger partial charge in [0, 0.05) is 19.3 Å². The topological polar surface area (TPSA) is 82.5 Å². The van der Waals surface area contributed by atoms with Gasteiger partial charge in [0.05, 0.1) is 17.5 Å². The first-order chi connectivity index (χ1) is 11.5. The number of carbonyl (C=O) groups is 1. The Balaban J connectivity index is 1.78. The number of halogens is 3. The molecule has 0 radical (unpaired) electrons. The maximum absolute atomic E-state index is 14.2. The molecule has 2 fully saturated rings. The van der Waals surface area contributed by atoms with Gasteiger partial charge in [-0.05, 0) is 24.4 Å².